The molecule has 3 heterocycles. The van der Waals surface area contributed by atoms with Crippen LogP contribution in [-0.4, -0.2) is 39.9 Å². The molecule has 2 aliphatic rings. The van der Waals surface area contributed by atoms with Gasteiger partial charge in [-0.2, -0.15) is 5.10 Å². The van der Waals surface area contributed by atoms with Gasteiger partial charge >= 0.3 is 0 Å². The Morgan fingerprint density at radius 1 is 1.39 bits per heavy atom. The van der Waals surface area contributed by atoms with Crippen LogP contribution in [0.4, 0.5) is 0 Å². The quantitative estimate of drug-likeness (QED) is 0.902. The highest BCUT2D eigenvalue weighted by Gasteiger charge is 2.29. The molecule has 0 radical (unpaired) electrons. The zero-order chi connectivity index (χ0) is 11.8. The molecule has 4 nitrogen and oxygen atoms in total. The maximum atomic E-state index is 6.16. The molecule has 0 amide bonds. The van der Waals surface area contributed by atoms with E-state index in [2.05, 4.69) is 15.3 Å². The van der Waals surface area contributed by atoms with Crippen LogP contribution in [0.25, 0.3) is 0 Å². The van der Waals surface area contributed by atoms with Crippen molar-refractivity contribution in [3.05, 3.63) is 16.9 Å². The molecule has 0 saturated carbocycles. The largest absolute Gasteiger partial charge is 0.310 e. The molecule has 0 spiro atoms. The van der Waals surface area contributed by atoms with Gasteiger partial charge in [0.1, 0.15) is 0 Å². The summed E-state index contributed by atoms with van der Waals surface area (Å²) in [6.07, 6.45) is 5.66. The molecule has 102 valence electrons. The molecule has 6 heteroatoms. The van der Waals surface area contributed by atoms with Crippen molar-refractivity contribution < 1.29 is 0 Å². The molecule has 2 bridgehead atoms. The number of hydrogen-bond acceptors (Lipinski definition) is 3. The van der Waals surface area contributed by atoms with Crippen LogP contribution in [0.15, 0.2) is 6.20 Å². The first kappa shape index (κ1) is 14.1. The van der Waals surface area contributed by atoms with Crippen molar-refractivity contribution in [2.45, 2.75) is 37.9 Å². The van der Waals surface area contributed by atoms with Gasteiger partial charge in [0, 0.05) is 38.8 Å². The fraction of sp³-hybridized carbons (Fsp3) is 0.750. The van der Waals surface area contributed by atoms with Gasteiger partial charge in [0.15, 0.2) is 0 Å². The Morgan fingerprint density at radius 2 is 2.17 bits per heavy atom. The van der Waals surface area contributed by atoms with Crippen molar-refractivity contribution in [2.75, 3.05) is 13.1 Å². The highest BCUT2D eigenvalue weighted by atomic mass is 35.5. The second-order valence-corrected chi connectivity index (χ2v) is 5.63. The molecule has 0 aliphatic carbocycles. The normalized spacial score (nSPS) is 27.9. The number of aromatic nitrogens is 2. The minimum absolute atomic E-state index is 0. The number of hydrogen-bond donors (Lipinski definition) is 1. The average Bonchev–Trinajstić information content (AvgIpc) is 2.78. The lowest BCUT2D eigenvalue weighted by atomic mass is 10.1. The minimum Gasteiger partial charge on any atom is -0.310 e. The lowest BCUT2D eigenvalue weighted by Gasteiger charge is -2.24. The molecular weight excluding hydrogens is 271 g/mol. The van der Waals surface area contributed by atoms with E-state index < -0.39 is 0 Å². The van der Waals surface area contributed by atoms with Crippen molar-refractivity contribution in [3.63, 3.8) is 0 Å². The molecule has 18 heavy (non-hydrogen) atoms. The van der Waals surface area contributed by atoms with E-state index in [0.717, 1.165) is 36.4 Å². The van der Waals surface area contributed by atoms with Crippen molar-refractivity contribution in [2.24, 2.45) is 7.05 Å². The minimum atomic E-state index is 0. The van der Waals surface area contributed by atoms with Crippen LogP contribution >= 0.6 is 24.0 Å². The SMILES string of the molecule is Cl.Cn1ncc(Cl)c1CN1CCC2CCC(C1)N2. The molecule has 2 fully saturated rings. The molecule has 1 aromatic heterocycles. The third kappa shape index (κ3) is 2.82. The number of nitrogens with zero attached hydrogens (tertiary/aromatic N) is 3. The van der Waals surface area contributed by atoms with Crippen LogP contribution in [0.5, 0.6) is 0 Å². The number of nitrogens with one attached hydrogen (secondary N) is 1. The van der Waals surface area contributed by atoms with Crippen LogP contribution in [0, 0.1) is 0 Å². The van der Waals surface area contributed by atoms with Crippen molar-refractivity contribution in [3.8, 4) is 0 Å². The Hall–Kier alpha value is -0.290. The van der Waals surface area contributed by atoms with E-state index in [4.69, 9.17) is 11.6 Å². The summed E-state index contributed by atoms with van der Waals surface area (Å²) in [5.74, 6) is 0. The molecular formula is C12H20Cl2N4. The summed E-state index contributed by atoms with van der Waals surface area (Å²) in [6, 6.07) is 1.42. The predicted molar refractivity (Wildman–Crippen MR) is 75.3 cm³/mol. The van der Waals surface area contributed by atoms with E-state index in [1.165, 1.54) is 19.3 Å². The number of rotatable bonds is 2. The van der Waals surface area contributed by atoms with Crippen LogP contribution in [0.3, 0.4) is 0 Å². The van der Waals surface area contributed by atoms with Crippen molar-refractivity contribution in [1.82, 2.24) is 20.0 Å². The number of halogens is 2. The standard InChI is InChI=1S/C12H19ClN4.ClH/c1-16-12(11(13)6-14-16)8-17-5-4-9-2-3-10(7-17)15-9;/h6,9-10,15H,2-5,7-8H2,1H3;1H. The lowest BCUT2D eigenvalue weighted by Crippen LogP contribution is -2.35. The topological polar surface area (TPSA) is 33.1 Å². The van der Waals surface area contributed by atoms with Crippen molar-refractivity contribution >= 4 is 24.0 Å². The summed E-state index contributed by atoms with van der Waals surface area (Å²) in [5, 5.41) is 8.68. The summed E-state index contributed by atoms with van der Waals surface area (Å²) >= 11 is 6.16. The molecule has 2 saturated heterocycles. The first-order valence-electron chi connectivity index (χ1n) is 6.37. The molecule has 2 aliphatic heterocycles. The van der Waals surface area contributed by atoms with Gasteiger partial charge < -0.3 is 5.32 Å². The van der Waals surface area contributed by atoms with Gasteiger partial charge in [-0.25, -0.2) is 0 Å². The Kier molecular flexibility index (Phi) is 4.54. The fourth-order valence-electron chi connectivity index (χ4n) is 2.98. The smallest absolute Gasteiger partial charge is 0.0831 e. The maximum Gasteiger partial charge on any atom is 0.0831 e. The van der Waals surface area contributed by atoms with Gasteiger partial charge in [-0.1, -0.05) is 11.6 Å². The van der Waals surface area contributed by atoms with Crippen LogP contribution in [0.2, 0.25) is 5.02 Å². The first-order valence-corrected chi connectivity index (χ1v) is 6.75. The zero-order valence-corrected chi connectivity index (χ0v) is 12.2. The number of aryl methyl sites for hydroxylation is 1. The Balaban J connectivity index is 0.00000120. The van der Waals surface area contributed by atoms with Gasteiger partial charge in [-0.3, -0.25) is 9.58 Å². The van der Waals surface area contributed by atoms with E-state index >= 15 is 0 Å². The number of fused-ring (bicyclic) bond motifs is 2. The summed E-state index contributed by atoms with van der Waals surface area (Å²) in [5.41, 5.74) is 1.13. The van der Waals surface area contributed by atoms with Gasteiger partial charge in [0.25, 0.3) is 0 Å². The van der Waals surface area contributed by atoms with Crippen LogP contribution in [0.1, 0.15) is 25.0 Å². The predicted octanol–water partition coefficient (Wildman–Crippen LogP) is 1.82. The highest BCUT2D eigenvalue weighted by Crippen LogP contribution is 2.23. The third-order valence-electron chi connectivity index (χ3n) is 3.99. The van der Waals surface area contributed by atoms with E-state index in [9.17, 15) is 0 Å². The molecule has 1 N–H and O–H groups in total. The Labute approximate surface area is 119 Å². The van der Waals surface area contributed by atoms with E-state index in [0.29, 0.717) is 6.04 Å². The summed E-state index contributed by atoms with van der Waals surface area (Å²) < 4.78 is 1.89. The third-order valence-corrected chi connectivity index (χ3v) is 4.31. The van der Waals surface area contributed by atoms with Gasteiger partial charge in [-0.05, 0) is 19.3 Å². The second kappa shape index (κ2) is 5.78. The zero-order valence-electron chi connectivity index (χ0n) is 10.6. The highest BCUT2D eigenvalue weighted by molar-refractivity contribution is 6.31. The van der Waals surface area contributed by atoms with E-state index in [1.807, 2.05) is 11.7 Å². The van der Waals surface area contributed by atoms with Gasteiger partial charge in [0.05, 0.1) is 16.9 Å². The average molecular weight is 291 g/mol. The fourth-order valence-corrected chi connectivity index (χ4v) is 3.21. The summed E-state index contributed by atoms with van der Waals surface area (Å²) in [7, 11) is 1.96. The molecule has 2 unspecified atom stereocenters. The summed E-state index contributed by atoms with van der Waals surface area (Å²) in [6.45, 7) is 3.22. The molecule has 2 atom stereocenters. The Morgan fingerprint density at radius 3 is 2.89 bits per heavy atom. The second-order valence-electron chi connectivity index (χ2n) is 5.22. The molecule has 0 aromatic carbocycles. The van der Waals surface area contributed by atoms with Gasteiger partial charge in [0.2, 0.25) is 0 Å². The number of likely N-dealkylation sites (tertiary alicyclic amines) is 1. The summed E-state index contributed by atoms with van der Waals surface area (Å²) in [4.78, 5) is 2.50. The Bertz CT molecular complexity index is 387. The molecule has 1 aromatic rings. The van der Waals surface area contributed by atoms with Crippen molar-refractivity contribution in [1.29, 1.82) is 0 Å². The van der Waals surface area contributed by atoms with E-state index in [1.54, 1.807) is 6.20 Å². The van der Waals surface area contributed by atoms with Crippen LogP contribution in [-0.2, 0) is 13.6 Å². The van der Waals surface area contributed by atoms with Crippen LogP contribution < -0.4 is 5.32 Å². The van der Waals surface area contributed by atoms with Gasteiger partial charge in [-0.15, -0.1) is 12.4 Å². The first-order chi connectivity index (χ1) is 8.22. The monoisotopic (exact) mass is 290 g/mol. The maximum absolute atomic E-state index is 6.16. The lowest BCUT2D eigenvalue weighted by molar-refractivity contribution is 0.245. The molecule has 3 rings (SSSR count). The van der Waals surface area contributed by atoms with E-state index in [-0.39, 0.29) is 12.4 Å².